The van der Waals surface area contributed by atoms with Gasteiger partial charge in [-0.25, -0.2) is 4.68 Å². The third kappa shape index (κ3) is 9.98. The molecule has 42 heavy (non-hydrogen) atoms. The maximum absolute atomic E-state index is 14.0. The van der Waals surface area contributed by atoms with Crippen LogP contribution in [0.15, 0.2) is 18.2 Å². The van der Waals surface area contributed by atoms with Crippen LogP contribution in [0.4, 0.5) is 30.5 Å². The summed E-state index contributed by atoms with van der Waals surface area (Å²) in [4.78, 5) is 18.1. The maximum atomic E-state index is 14.0. The number of ether oxygens (including phenoxy) is 3. The van der Waals surface area contributed by atoms with Gasteiger partial charge in [-0.2, -0.15) is 18.2 Å². The van der Waals surface area contributed by atoms with Gasteiger partial charge < -0.3 is 24.4 Å². The number of esters is 1. The second-order valence-corrected chi connectivity index (χ2v) is 18.2. The zero-order valence-corrected chi connectivity index (χ0v) is 26.9. The zero-order valence-electron chi connectivity index (χ0n) is 25.9. The van der Waals surface area contributed by atoms with E-state index in [2.05, 4.69) is 53.8 Å². The Balaban J connectivity index is 2.00. The molecule has 1 aliphatic rings. The Labute approximate surface area is 248 Å². The van der Waals surface area contributed by atoms with Gasteiger partial charge in [0.1, 0.15) is 6.73 Å². The summed E-state index contributed by atoms with van der Waals surface area (Å²) in [6.07, 6.45) is -2.86. The molecule has 0 spiro atoms. The third-order valence-electron chi connectivity index (χ3n) is 7.17. The summed E-state index contributed by atoms with van der Waals surface area (Å²) in [5.41, 5.74) is 2.25. The van der Waals surface area contributed by atoms with Crippen molar-refractivity contribution in [3.8, 4) is 0 Å². The van der Waals surface area contributed by atoms with Crippen molar-refractivity contribution in [1.82, 2.24) is 14.8 Å². The van der Waals surface area contributed by atoms with Crippen molar-refractivity contribution < 1.29 is 32.2 Å². The normalized spacial score (nSPS) is 15.6. The summed E-state index contributed by atoms with van der Waals surface area (Å²) in [5.74, 6) is -1.48. The van der Waals surface area contributed by atoms with Crippen molar-refractivity contribution >= 4 is 31.4 Å². The van der Waals surface area contributed by atoms with Gasteiger partial charge in [0.15, 0.2) is 0 Å². The van der Waals surface area contributed by atoms with Crippen molar-refractivity contribution in [2.75, 3.05) is 43.7 Å². The number of benzene rings is 1. The number of methoxy groups -OCH3 is 1. The first kappa shape index (κ1) is 33.9. The molecule has 1 aromatic heterocycles. The number of carbonyl (C=O) groups is 1. The predicted octanol–water partition coefficient (Wildman–Crippen LogP) is 6.66. The van der Waals surface area contributed by atoms with Gasteiger partial charge >= 0.3 is 12.1 Å². The first-order valence-electron chi connectivity index (χ1n) is 14.6. The molecule has 0 unspecified atom stereocenters. The summed E-state index contributed by atoms with van der Waals surface area (Å²) >= 11 is 0. The van der Waals surface area contributed by atoms with E-state index < -0.39 is 20.1 Å². The predicted molar refractivity (Wildman–Crippen MR) is 160 cm³/mol. The smallest absolute Gasteiger partial charge is 0.451 e. The van der Waals surface area contributed by atoms with E-state index in [1.165, 1.54) is 7.11 Å². The van der Waals surface area contributed by atoms with Gasteiger partial charge in [-0.1, -0.05) is 46.5 Å². The van der Waals surface area contributed by atoms with Crippen LogP contribution < -0.4 is 10.2 Å². The lowest BCUT2D eigenvalue weighted by Gasteiger charge is -2.38. The topological polar surface area (TPSA) is 90.7 Å². The SMILES string of the molecule is COC(=O)C[C@@H](C)c1ccc(N(CC(C)C)C2CCOCC2)c(Nc2nc(C(F)(F)F)n(COCC[Si](C)(C)C)n2)c1. The Kier molecular flexibility index (Phi) is 11.8. The van der Waals surface area contributed by atoms with E-state index >= 15 is 0 Å². The summed E-state index contributed by atoms with van der Waals surface area (Å²) < 4.78 is 58.7. The average molecular weight is 614 g/mol. The molecule has 9 nitrogen and oxygen atoms in total. The molecule has 0 amide bonds. The molecule has 0 aliphatic carbocycles. The van der Waals surface area contributed by atoms with Gasteiger partial charge in [-0.05, 0) is 48.4 Å². The van der Waals surface area contributed by atoms with Gasteiger partial charge in [0, 0.05) is 40.5 Å². The molecular weight excluding hydrogens is 567 g/mol. The molecule has 1 aromatic carbocycles. The summed E-state index contributed by atoms with van der Waals surface area (Å²) in [6.45, 7) is 14.8. The number of halogens is 3. The van der Waals surface area contributed by atoms with E-state index in [0.29, 0.717) is 31.4 Å². The summed E-state index contributed by atoms with van der Waals surface area (Å²) in [5, 5.41) is 7.26. The quantitative estimate of drug-likeness (QED) is 0.144. The maximum Gasteiger partial charge on any atom is 0.451 e. The van der Waals surface area contributed by atoms with Crippen molar-refractivity contribution in [2.24, 2.45) is 5.92 Å². The highest BCUT2D eigenvalue weighted by Crippen LogP contribution is 2.37. The van der Waals surface area contributed by atoms with Crippen LogP contribution >= 0.6 is 0 Å². The number of carbonyl (C=O) groups excluding carboxylic acids is 1. The van der Waals surface area contributed by atoms with Crippen LogP contribution in [0, 0.1) is 5.92 Å². The fraction of sp³-hybridized carbons (Fsp3) is 0.690. The highest BCUT2D eigenvalue weighted by Gasteiger charge is 2.38. The van der Waals surface area contributed by atoms with Gasteiger partial charge in [-0.3, -0.25) is 4.79 Å². The van der Waals surface area contributed by atoms with Crippen molar-refractivity contribution in [1.29, 1.82) is 0 Å². The van der Waals surface area contributed by atoms with Gasteiger partial charge in [0.25, 0.3) is 0 Å². The molecule has 1 aliphatic heterocycles. The molecule has 2 heterocycles. The van der Waals surface area contributed by atoms with E-state index in [4.69, 9.17) is 14.2 Å². The minimum Gasteiger partial charge on any atom is -0.469 e. The molecule has 0 bridgehead atoms. The molecule has 236 valence electrons. The standard InChI is InChI=1S/C29H46F3N5O4Si/c1-20(2)18-36(23-10-12-40-13-11-23)25-9-8-22(21(3)16-26(38)39-4)17-24(25)33-28-34-27(29(30,31)32)37(35-28)19-41-14-15-42(5,6)7/h8-9,17,20-21,23H,10-16,18-19H2,1-7H3,(H,33,35)/t21-/m1/s1. The molecule has 1 atom stereocenters. The van der Waals surface area contributed by atoms with Crippen LogP contribution in [-0.2, 0) is 31.9 Å². The molecule has 2 aromatic rings. The van der Waals surface area contributed by atoms with E-state index in [-0.39, 0.29) is 37.0 Å². The molecule has 1 N–H and O–H groups in total. The minimum absolute atomic E-state index is 0.171. The summed E-state index contributed by atoms with van der Waals surface area (Å²) in [6, 6.07) is 6.82. The van der Waals surface area contributed by atoms with Crippen LogP contribution in [0.25, 0.3) is 0 Å². The lowest BCUT2D eigenvalue weighted by molar-refractivity contribution is -0.150. The first-order chi connectivity index (χ1) is 19.7. The van der Waals surface area contributed by atoms with Crippen molar-refractivity contribution in [3.05, 3.63) is 29.6 Å². The molecule has 3 rings (SSSR count). The molecule has 0 radical (unpaired) electrons. The third-order valence-corrected chi connectivity index (χ3v) is 8.88. The number of aromatic nitrogens is 3. The highest BCUT2D eigenvalue weighted by molar-refractivity contribution is 6.76. The van der Waals surface area contributed by atoms with Gasteiger partial charge in [0.2, 0.25) is 11.8 Å². The van der Waals surface area contributed by atoms with E-state index in [0.717, 1.165) is 41.4 Å². The number of alkyl halides is 3. The molecule has 1 fully saturated rings. The largest absolute Gasteiger partial charge is 0.469 e. The Morgan fingerprint density at radius 1 is 1.21 bits per heavy atom. The van der Waals surface area contributed by atoms with E-state index in [1.54, 1.807) is 0 Å². The van der Waals surface area contributed by atoms with E-state index in [1.807, 2.05) is 25.1 Å². The molecular formula is C29H46F3N5O4Si. The first-order valence-corrected chi connectivity index (χ1v) is 18.3. The van der Waals surface area contributed by atoms with E-state index in [9.17, 15) is 18.0 Å². The van der Waals surface area contributed by atoms with Crippen LogP contribution in [0.2, 0.25) is 25.7 Å². The lowest BCUT2D eigenvalue weighted by Crippen LogP contribution is -2.42. The highest BCUT2D eigenvalue weighted by atomic mass is 28.3. The molecule has 0 saturated carbocycles. The second-order valence-electron chi connectivity index (χ2n) is 12.6. The molecule has 1 saturated heterocycles. The van der Waals surface area contributed by atoms with Crippen LogP contribution in [-0.4, -0.2) is 68.3 Å². The number of nitrogens with one attached hydrogen (secondary N) is 1. The summed E-state index contributed by atoms with van der Waals surface area (Å²) in [7, 11) is -0.0639. The Hall–Kier alpha value is -2.64. The van der Waals surface area contributed by atoms with Crippen LogP contribution in [0.1, 0.15) is 57.3 Å². The lowest BCUT2D eigenvalue weighted by atomic mass is 9.95. The minimum atomic E-state index is -4.71. The van der Waals surface area contributed by atoms with Gasteiger partial charge in [0.05, 0.1) is 24.9 Å². The second kappa shape index (κ2) is 14.7. The Morgan fingerprint density at radius 2 is 1.90 bits per heavy atom. The Bertz CT molecular complexity index is 1160. The number of rotatable bonds is 14. The number of nitrogens with zero attached hydrogens (tertiary/aromatic N) is 4. The monoisotopic (exact) mass is 613 g/mol. The fourth-order valence-electron chi connectivity index (χ4n) is 4.84. The molecule has 13 heteroatoms. The average Bonchev–Trinajstić information content (AvgIpc) is 3.33. The van der Waals surface area contributed by atoms with Gasteiger partial charge in [-0.15, -0.1) is 5.10 Å². The zero-order chi connectivity index (χ0) is 31.1. The van der Waals surface area contributed by atoms with Crippen molar-refractivity contribution in [2.45, 2.75) is 90.6 Å². The number of anilines is 3. The van der Waals surface area contributed by atoms with Crippen LogP contribution in [0.5, 0.6) is 0 Å². The van der Waals surface area contributed by atoms with Crippen LogP contribution in [0.3, 0.4) is 0 Å². The number of hydrogen-bond acceptors (Lipinski definition) is 8. The number of hydrogen-bond donors (Lipinski definition) is 1. The fourth-order valence-corrected chi connectivity index (χ4v) is 5.60. The Morgan fingerprint density at radius 3 is 2.50 bits per heavy atom. The van der Waals surface area contributed by atoms with Crippen molar-refractivity contribution in [3.63, 3.8) is 0 Å².